The SMILES string of the molecule is CCCCCCC[C@H]1[C@H](O)C=C(I)[C@H]1OCCCCCC(=O)O. The molecule has 0 saturated heterocycles. The van der Waals surface area contributed by atoms with Gasteiger partial charge in [-0.1, -0.05) is 45.4 Å². The predicted molar refractivity (Wildman–Crippen MR) is 101 cm³/mol. The maximum absolute atomic E-state index is 10.5. The number of ether oxygens (including phenoxy) is 1. The van der Waals surface area contributed by atoms with Crippen LogP contribution in [0.1, 0.15) is 71.1 Å². The van der Waals surface area contributed by atoms with Crippen molar-refractivity contribution in [2.75, 3.05) is 6.61 Å². The lowest BCUT2D eigenvalue weighted by molar-refractivity contribution is -0.137. The molecule has 0 amide bonds. The van der Waals surface area contributed by atoms with Gasteiger partial charge in [-0.3, -0.25) is 4.79 Å². The molecule has 0 aromatic carbocycles. The van der Waals surface area contributed by atoms with Crippen molar-refractivity contribution in [3.05, 3.63) is 9.66 Å². The summed E-state index contributed by atoms with van der Waals surface area (Å²) in [6, 6.07) is 0. The normalized spacial score (nSPS) is 24.0. The van der Waals surface area contributed by atoms with Gasteiger partial charge in [0.1, 0.15) is 0 Å². The Kier molecular flexibility index (Phi) is 11.1. The molecule has 3 atom stereocenters. The van der Waals surface area contributed by atoms with E-state index in [2.05, 4.69) is 29.5 Å². The quantitative estimate of drug-likeness (QED) is 0.324. The largest absolute Gasteiger partial charge is 0.481 e. The Bertz CT molecular complexity index is 370. The molecule has 5 heteroatoms. The van der Waals surface area contributed by atoms with Crippen molar-refractivity contribution in [3.63, 3.8) is 0 Å². The summed E-state index contributed by atoms with van der Waals surface area (Å²) in [5.41, 5.74) is 0. The van der Waals surface area contributed by atoms with E-state index in [1.807, 2.05) is 6.08 Å². The maximum atomic E-state index is 10.5. The molecule has 0 aliphatic heterocycles. The second kappa shape index (κ2) is 12.3. The van der Waals surface area contributed by atoms with Crippen LogP contribution >= 0.6 is 22.6 Å². The zero-order valence-electron chi connectivity index (χ0n) is 14.2. The molecule has 2 N–H and O–H groups in total. The van der Waals surface area contributed by atoms with Crippen molar-refractivity contribution in [1.29, 1.82) is 0 Å². The van der Waals surface area contributed by atoms with Crippen LogP contribution in [0.2, 0.25) is 0 Å². The molecule has 1 rings (SSSR count). The molecule has 0 saturated carbocycles. The third-order valence-electron chi connectivity index (χ3n) is 4.40. The molecular weight excluding hydrogens is 407 g/mol. The first-order chi connectivity index (χ1) is 11.1. The molecule has 0 radical (unpaired) electrons. The van der Waals surface area contributed by atoms with E-state index in [1.54, 1.807) is 0 Å². The summed E-state index contributed by atoms with van der Waals surface area (Å²) in [5, 5.41) is 18.8. The van der Waals surface area contributed by atoms with E-state index in [-0.39, 0.29) is 24.5 Å². The minimum atomic E-state index is -0.731. The standard InChI is InChI=1S/C18H31IO4/c1-2-3-4-5-7-10-14-16(20)13-15(19)18(14)23-12-9-6-8-11-17(21)22/h13-14,16,18,20H,2-12H2,1H3,(H,21,22)/t14-,16+,18-/m0/s1. The topological polar surface area (TPSA) is 66.8 Å². The summed E-state index contributed by atoms with van der Waals surface area (Å²) >= 11 is 2.27. The fraction of sp³-hybridized carbons (Fsp3) is 0.833. The van der Waals surface area contributed by atoms with Gasteiger partial charge in [0.05, 0.1) is 12.2 Å². The van der Waals surface area contributed by atoms with Gasteiger partial charge >= 0.3 is 5.97 Å². The molecule has 0 fully saturated rings. The van der Waals surface area contributed by atoms with Crippen LogP contribution in [-0.4, -0.2) is 35.0 Å². The van der Waals surface area contributed by atoms with Crippen LogP contribution in [0.25, 0.3) is 0 Å². The van der Waals surface area contributed by atoms with Crippen LogP contribution in [0.4, 0.5) is 0 Å². The lowest BCUT2D eigenvalue weighted by Gasteiger charge is -2.24. The van der Waals surface area contributed by atoms with E-state index in [1.165, 1.54) is 25.7 Å². The Hall–Kier alpha value is -0.140. The number of hydrogen-bond donors (Lipinski definition) is 2. The van der Waals surface area contributed by atoms with E-state index < -0.39 is 5.97 Å². The summed E-state index contributed by atoms with van der Waals surface area (Å²) in [7, 11) is 0. The second-order valence-corrected chi connectivity index (χ2v) is 7.65. The number of aliphatic carboxylic acids is 1. The van der Waals surface area contributed by atoms with Gasteiger partial charge in [-0.2, -0.15) is 0 Å². The molecule has 0 spiro atoms. The summed E-state index contributed by atoms with van der Waals surface area (Å²) < 4.78 is 7.11. The summed E-state index contributed by atoms with van der Waals surface area (Å²) in [5.74, 6) is -0.548. The highest BCUT2D eigenvalue weighted by Gasteiger charge is 2.35. The van der Waals surface area contributed by atoms with E-state index in [0.29, 0.717) is 13.0 Å². The molecular formula is C18H31IO4. The van der Waals surface area contributed by atoms with Crippen molar-refractivity contribution < 1.29 is 19.7 Å². The number of carbonyl (C=O) groups is 1. The van der Waals surface area contributed by atoms with Gasteiger partial charge in [0.15, 0.2) is 0 Å². The van der Waals surface area contributed by atoms with E-state index in [0.717, 1.165) is 29.3 Å². The van der Waals surface area contributed by atoms with E-state index >= 15 is 0 Å². The number of rotatable bonds is 13. The third kappa shape index (κ3) is 8.49. The number of unbranched alkanes of at least 4 members (excludes halogenated alkanes) is 6. The van der Waals surface area contributed by atoms with Gasteiger partial charge in [-0.05, 0) is 47.9 Å². The van der Waals surface area contributed by atoms with Gasteiger partial charge in [-0.15, -0.1) is 0 Å². The number of aliphatic hydroxyl groups is 1. The molecule has 0 heterocycles. The third-order valence-corrected chi connectivity index (χ3v) is 5.38. The van der Waals surface area contributed by atoms with Crippen molar-refractivity contribution in [2.45, 2.75) is 83.3 Å². The molecule has 0 aromatic rings. The Labute approximate surface area is 153 Å². The summed E-state index contributed by atoms with van der Waals surface area (Å²) in [6.45, 7) is 2.86. The molecule has 0 unspecified atom stereocenters. The minimum Gasteiger partial charge on any atom is -0.481 e. The van der Waals surface area contributed by atoms with E-state index in [9.17, 15) is 9.90 Å². The average Bonchev–Trinajstić information content (AvgIpc) is 2.76. The molecule has 134 valence electrons. The maximum Gasteiger partial charge on any atom is 0.303 e. The Balaban J connectivity index is 2.24. The molecule has 0 bridgehead atoms. The van der Waals surface area contributed by atoms with Crippen LogP contribution in [0.5, 0.6) is 0 Å². The first kappa shape index (κ1) is 20.9. The fourth-order valence-electron chi connectivity index (χ4n) is 3.04. The average molecular weight is 438 g/mol. The fourth-order valence-corrected chi connectivity index (χ4v) is 4.05. The molecule has 1 aliphatic rings. The van der Waals surface area contributed by atoms with E-state index in [4.69, 9.17) is 9.84 Å². The monoisotopic (exact) mass is 438 g/mol. The van der Waals surface area contributed by atoms with Crippen molar-refractivity contribution in [3.8, 4) is 0 Å². The lowest BCUT2D eigenvalue weighted by atomic mass is 9.94. The number of aliphatic hydroxyl groups excluding tert-OH is 1. The molecule has 23 heavy (non-hydrogen) atoms. The lowest BCUT2D eigenvalue weighted by Crippen LogP contribution is -2.27. The van der Waals surface area contributed by atoms with Crippen LogP contribution in [0.15, 0.2) is 9.66 Å². The zero-order valence-corrected chi connectivity index (χ0v) is 16.3. The molecule has 4 nitrogen and oxygen atoms in total. The van der Waals surface area contributed by atoms with Crippen LogP contribution in [0.3, 0.4) is 0 Å². The van der Waals surface area contributed by atoms with Gasteiger partial charge in [0, 0.05) is 22.5 Å². The van der Waals surface area contributed by atoms with Crippen molar-refractivity contribution >= 4 is 28.6 Å². The molecule has 1 aliphatic carbocycles. The highest BCUT2D eigenvalue weighted by molar-refractivity contribution is 14.1. The first-order valence-electron chi connectivity index (χ1n) is 8.95. The Morgan fingerprint density at radius 2 is 1.87 bits per heavy atom. The minimum absolute atomic E-state index is 0.0243. The van der Waals surface area contributed by atoms with Crippen LogP contribution in [0, 0.1) is 5.92 Å². The predicted octanol–water partition coefficient (Wildman–Crippen LogP) is 4.69. The van der Waals surface area contributed by atoms with Crippen LogP contribution in [-0.2, 0) is 9.53 Å². The van der Waals surface area contributed by atoms with Gasteiger partial charge in [0.25, 0.3) is 0 Å². The number of halogens is 1. The number of hydrogen-bond acceptors (Lipinski definition) is 3. The van der Waals surface area contributed by atoms with Gasteiger partial charge in [0.2, 0.25) is 0 Å². The molecule has 0 aromatic heterocycles. The first-order valence-corrected chi connectivity index (χ1v) is 10.0. The summed E-state index contributed by atoms with van der Waals surface area (Å²) in [4.78, 5) is 10.5. The summed E-state index contributed by atoms with van der Waals surface area (Å²) in [6.07, 6.45) is 11.5. The second-order valence-electron chi connectivity index (χ2n) is 6.40. The zero-order chi connectivity index (χ0) is 17.1. The van der Waals surface area contributed by atoms with Gasteiger partial charge < -0.3 is 14.9 Å². The van der Waals surface area contributed by atoms with Crippen molar-refractivity contribution in [1.82, 2.24) is 0 Å². The van der Waals surface area contributed by atoms with Crippen LogP contribution < -0.4 is 0 Å². The van der Waals surface area contributed by atoms with Crippen molar-refractivity contribution in [2.24, 2.45) is 5.92 Å². The highest BCUT2D eigenvalue weighted by atomic mass is 127. The number of carboxylic acid groups (broad SMARTS) is 1. The van der Waals surface area contributed by atoms with Gasteiger partial charge in [-0.25, -0.2) is 0 Å². The Morgan fingerprint density at radius 1 is 1.17 bits per heavy atom. The smallest absolute Gasteiger partial charge is 0.303 e. The highest BCUT2D eigenvalue weighted by Crippen LogP contribution is 2.36. The number of carboxylic acids is 1. The Morgan fingerprint density at radius 3 is 2.57 bits per heavy atom.